The molecule has 3 N–H and O–H groups in total. The predicted octanol–water partition coefficient (Wildman–Crippen LogP) is -0.432. The second-order valence-electron chi connectivity index (χ2n) is 3.56. The summed E-state index contributed by atoms with van der Waals surface area (Å²) in [6, 6.07) is -1.19. The van der Waals surface area contributed by atoms with Crippen LogP contribution in [0.25, 0.3) is 0 Å². The van der Waals surface area contributed by atoms with Gasteiger partial charge in [-0.25, -0.2) is 13.4 Å². The Hall–Kier alpha value is -1.45. The number of aromatic amines is 1. The molecule has 1 heterocycles. The summed E-state index contributed by atoms with van der Waals surface area (Å²) in [7, 11) is -2.40. The molecule has 18 heavy (non-hydrogen) atoms. The molecule has 1 aromatic heterocycles. The summed E-state index contributed by atoms with van der Waals surface area (Å²) in [5, 5.41) is 8.77. The van der Waals surface area contributed by atoms with E-state index in [0.717, 1.165) is 6.20 Å². The van der Waals surface area contributed by atoms with Crippen molar-refractivity contribution in [2.75, 3.05) is 13.7 Å². The first-order valence-corrected chi connectivity index (χ1v) is 6.68. The molecule has 0 saturated carbocycles. The number of imidazole rings is 1. The van der Waals surface area contributed by atoms with Crippen molar-refractivity contribution in [1.82, 2.24) is 14.7 Å². The van der Waals surface area contributed by atoms with E-state index in [1.165, 1.54) is 13.4 Å². The summed E-state index contributed by atoms with van der Waals surface area (Å²) < 4.78 is 30.4. The molecule has 0 radical (unpaired) electrons. The number of carboxylic acid groups (broad SMARTS) is 1. The number of hydrogen-bond acceptors (Lipinski definition) is 5. The van der Waals surface area contributed by atoms with Gasteiger partial charge in [0.05, 0.1) is 12.5 Å². The van der Waals surface area contributed by atoms with Gasteiger partial charge in [-0.3, -0.25) is 4.79 Å². The molecule has 1 unspecified atom stereocenters. The molecule has 8 nitrogen and oxygen atoms in total. The van der Waals surface area contributed by atoms with Crippen molar-refractivity contribution in [2.24, 2.45) is 0 Å². The third-order valence-electron chi connectivity index (χ3n) is 2.20. The number of carboxylic acids is 1. The maximum absolute atomic E-state index is 11.8. The Kier molecular flexibility index (Phi) is 5.25. The van der Waals surface area contributed by atoms with E-state index in [-0.39, 0.29) is 11.4 Å². The first kappa shape index (κ1) is 14.6. The van der Waals surface area contributed by atoms with Crippen molar-refractivity contribution in [3.63, 3.8) is 0 Å². The van der Waals surface area contributed by atoms with Crippen molar-refractivity contribution in [1.29, 1.82) is 0 Å². The van der Waals surface area contributed by atoms with Gasteiger partial charge >= 0.3 is 5.97 Å². The average Bonchev–Trinajstić information content (AvgIpc) is 2.81. The van der Waals surface area contributed by atoms with E-state index in [1.54, 1.807) is 0 Å². The molecule has 0 spiro atoms. The van der Waals surface area contributed by atoms with Gasteiger partial charge in [-0.1, -0.05) is 0 Å². The largest absolute Gasteiger partial charge is 0.480 e. The number of methoxy groups -OCH3 is 1. The molecule has 0 aromatic carbocycles. The minimum absolute atomic E-state index is 0.149. The molecule has 1 rings (SSSR count). The van der Waals surface area contributed by atoms with Crippen LogP contribution in [-0.2, 0) is 19.6 Å². The van der Waals surface area contributed by atoms with Crippen LogP contribution < -0.4 is 4.72 Å². The minimum atomic E-state index is -3.89. The standard InChI is InChI=1S/C9H15N3O5S/c1-17-4-2-3-7(9(13)14)12-18(15,16)8-5-10-6-11-8/h5-7,12H,2-4H2,1H3,(H,10,11)(H,13,14). The number of ether oxygens (including phenoxy) is 1. The molecular formula is C9H15N3O5S. The van der Waals surface area contributed by atoms with Gasteiger partial charge in [0.2, 0.25) is 0 Å². The van der Waals surface area contributed by atoms with Crippen LogP contribution in [0, 0.1) is 0 Å². The average molecular weight is 277 g/mol. The maximum atomic E-state index is 11.8. The maximum Gasteiger partial charge on any atom is 0.321 e. The van der Waals surface area contributed by atoms with Crippen LogP contribution in [0.15, 0.2) is 17.6 Å². The molecule has 0 aliphatic carbocycles. The van der Waals surface area contributed by atoms with E-state index in [4.69, 9.17) is 9.84 Å². The number of carbonyl (C=O) groups is 1. The van der Waals surface area contributed by atoms with Crippen LogP contribution in [-0.4, -0.2) is 49.2 Å². The Bertz CT molecular complexity index is 470. The zero-order valence-electron chi connectivity index (χ0n) is 9.79. The van der Waals surface area contributed by atoms with Crippen LogP contribution in [0.1, 0.15) is 12.8 Å². The number of nitrogens with zero attached hydrogens (tertiary/aromatic N) is 1. The van der Waals surface area contributed by atoms with Crippen LogP contribution in [0.3, 0.4) is 0 Å². The smallest absolute Gasteiger partial charge is 0.321 e. The van der Waals surface area contributed by atoms with Crippen molar-refractivity contribution in [3.8, 4) is 0 Å². The summed E-state index contributed by atoms with van der Waals surface area (Å²) >= 11 is 0. The van der Waals surface area contributed by atoms with Gasteiger partial charge in [0, 0.05) is 13.7 Å². The van der Waals surface area contributed by atoms with Gasteiger partial charge in [-0.15, -0.1) is 0 Å². The summed E-state index contributed by atoms with van der Waals surface area (Å²) in [6.45, 7) is 0.371. The van der Waals surface area contributed by atoms with E-state index in [9.17, 15) is 13.2 Å². The van der Waals surface area contributed by atoms with Gasteiger partial charge < -0.3 is 14.8 Å². The van der Waals surface area contributed by atoms with Gasteiger partial charge in [-0.2, -0.15) is 4.72 Å². The first-order valence-electron chi connectivity index (χ1n) is 5.20. The molecular weight excluding hydrogens is 262 g/mol. The lowest BCUT2D eigenvalue weighted by atomic mass is 10.2. The second kappa shape index (κ2) is 6.47. The Morgan fingerprint density at radius 1 is 1.67 bits per heavy atom. The van der Waals surface area contributed by atoms with Gasteiger partial charge in [-0.05, 0) is 12.8 Å². The third-order valence-corrected chi connectivity index (χ3v) is 3.60. The van der Waals surface area contributed by atoms with Crippen molar-refractivity contribution < 1.29 is 23.1 Å². The molecule has 0 fully saturated rings. The van der Waals surface area contributed by atoms with Crippen molar-refractivity contribution in [2.45, 2.75) is 23.9 Å². The molecule has 1 atom stereocenters. The summed E-state index contributed by atoms with van der Waals surface area (Å²) in [4.78, 5) is 16.9. The lowest BCUT2D eigenvalue weighted by Crippen LogP contribution is -2.40. The highest BCUT2D eigenvalue weighted by molar-refractivity contribution is 7.89. The number of aliphatic carboxylic acids is 1. The lowest BCUT2D eigenvalue weighted by Gasteiger charge is -2.13. The third kappa shape index (κ3) is 4.09. The molecule has 0 aliphatic heterocycles. The van der Waals surface area contributed by atoms with Gasteiger partial charge in [0.1, 0.15) is 6.04 Å². The molecule has 0 bridgehead atoms. The molecule has 0 saturated heterocycles. The topological polar surface area (TPSA) is 121 Å². The van der Waals surface area contributed by atoms with E-state index in [1.807, 2.05) is 0 Å². The summed E-state index contributed by atoms with van der Waals surface area (Å²) in [5.41, 5.74) is 0. The van der Waals surface area contributed by atoms with Gasteiger partial charge in [0.25, 0.3) is 10.0 Å². The number of nitrogens with one attached hydrogen (secondary N) is 2. The molecule has 0 aliphatic rings. The monoisotopic (exact) mass is 277 g/mol. The fourth-order valence-corrected chi connectivity index (χ4v) is 2.43. The highest BCUT2D eigenvalue weighted by Crippen LogP contribution is 2.06. The number of H-pyrrole nitrogens is 1. The molecule has 0 amide bonds. The van der Waals surface area contributed by atoms with Crippen LogP contribution >= 0.6 is 0 Å². The number of hydrogen-bond donors (Lipinski definition) is 3. The predicted molar refractivity (Wildman–Crippen MR) is 61.4 cm³/mol. The Labute approximate surface area is 104 Å². The highest BCUT2D eigenvalue weighted by atomic mass is 32.2. The fourth-order valence-electron chi connectivity index (χ4n) is 1.31. The van der Waals surface area contributed by atoms with Crippen molar-refractivity contribution >= 4 is 16.0 Å². The molecule has 9 heteroatoms. The van der Waals surface area contributed by atoms with Crippen LogP contribution in [0.2, 0.25) is 0 Å². The summed E-state index contributed by atoms with van der Waals surface area (Å²) in [6.07, 6.45) is 2.90. The van der Waals surface area contributed by atoms with Crippen LogP contribution in [0.5, 0.6) is 0 Å². The van der Waals surface area contributed by atoms with Crippen molar-refractivity contribution in [3.05, 3.63) is 12.5 Å². The van der Waals surface area contributed by atoms with E-state index < -0.39 is 22.0 Å². The normalized spacial score (nSPS) is 13.4. The van der Waals surface area contributed by atoms with Crippen LogP contribution in [0.4, 0.5) is 0 Å². The zero-order valence-corrected chi connectivity index (χ0v) is 10.6. The quantitative estimate of drug-likeness (QED) is 0.554. The highest BCUT2D eigenvalue weighted by Gasteiger charge is 2.25. The van der Waals surface area contributed by atoms with E-state index in [2.05, 4.69) is 14.7 Å². The number of sulfonamides is 1. The molecule has 102 valence electrons. The molecule has 1 aromatic rings. The fraction of sp³-hybridized carbons (Fsp3) is 0.556. The number of aromatic nitrogens is 2. The second-order valence-corrected chi connectivity index (χ2v) is 5.25. The first-order chi connectivity index (χ1) is 8.47. The summed E-state index contributed by atoms with van der Waals surface area (Å²) in [5.74, 6) is -1.23. The van der Waals surface area contributed by atoms with E-state index >= 15 is 0 Å². The van der Waals surface area contributed by atoms with E-state index in [0.29, 0.717) is 13.0 Å². The Morgan fingerprint density at radius 3 is 2.89 bits per heavy atom. The lowest BCUT2D eigenvalue weighted by molar-refractivity contribution is -0.139. The Balaban J connectivity index is 2.69. The zero-order chi connectivity index (χ0) is 13.6. The minimum Gasteiger partial charge on any atom is -0.480 e. The Morgan fingerprint density at radius 2 is 2.39 bits per heavy atom. The number of rotatable bonds is 8. The SMILES string of the molecule is COCCCC(NS(=O)(=O)c1cnc[nH]1)C(=O)O. The van der Waals surface area contributed by atoms with Gasteiger partial charge in [0.15, 0.2) is 5.03 Å².